The number of nitriles is 1. The van der Waals surface area contributed by atoms with Gasteiger partial charge in [-0.2, -0.15) is 5.26 Å². The van der Waals surface area contributed by atoms with Crippen LogP contribution in [0.15, 0.2) is 36.5 Å². The number of hydrogen-bond acceptors (Lipinski definition) is 5. The van der Waals surface area contributed by atoms with E-state index in [9.17, 15) is 15.2 Å². The van der Waals surface area contributed by atoms with Gasteiger partial charge in [0, 0.05) is 17.3 Å². The normalized spacial score (nSPS) is 15.0. The second-order valence-corrected chi connectivity index (χ2v) is 9.16. The minimum absolute atomic E-state index is 0.0432. The lowest BCUT2D eigenvalue weighted by atomic mass is 9.94. The van der Waals surface area contributed by atoms with E-state index in [4.69, 9.17) is 4.74 Å². The van der Waals surface area contributed by atoms with Crippen LogP contribution in [0.1, 0.15) is 54.9 Å². The van der Waals surface area contributed by atoms with Crippen molar-refractivity contribution in [1.29, 1.82) is 5.26 Å². The van der Waals surface area contributed by atoms with Gasteiger partial charge in [-0.1, -0.05) is 18.2 Å². The third-order valence-electron chi connectivity index (χ3n) is 5.73. The average molecular weight is 433 g/mol. The van der Waals surface area contributed by atoms with Gasteiger partial charge in [-0.05, 0) is 68.4 Å². The van der Waals surface area contributed by atoms with Crippen LogP contribution in [-0.2, 0) is 11.2 Å². The Bertz CT molecular complexity index is 1190. The number of benzene rings is 2. The first-order valence-electron chi connectivity index (χ1n) is 10.4. The molecule has 5 nitrogen and oxygen atoms in total. The first kappa shape index (κ1) is 21.1. The SMILES string of the molecule is Cc1c(-c2ncc(-c3cccc(C#N)c3OC(C)C)s2)ccc2c1CCC2CC(=O)O. The van der Waals surface area contributed by atoms with Gasteiger partial charge >= 0.3 is 5.97 Å². The third kappa shape index (κ3) is 4.06. The standard InChI is InChI=1S/C25H24N2O3S/c1-14(2)30-24-17(12-26)5-4-6-21(24)22-13-27-25(31-22)19-9-10-20-16(11-23(28)29)7-8-18(20)15(19)3/h4-6,9-10,13-14,16H,7-8,11H2,1-3H3,(H,28,29). The van der Waals surface area contributed by atoms with Gasteiger partial charge in [-0.3, -0.25) is 4.79 Å². The Balaban J connectivity index is 1.72. The highest BCUT2D eigenvalue weighted by atomic mass is 32.1. The van der Waals surface area contributed by atoms with Crippen LogP contribution < -0.4 is 4.74 Å². The molecule has 0 spiro atoms. The topological polar surface area (TPSA) is 83.2 Å². The van der Waals surface area contributed by atoms with Crippen molar-refractivity contribution in [1.82, 2.24) is 4.98 Å². The van der Waals surface area contributed by atoms with Crippen LogP contribution in [0.3, 0.4) is 0 Å². The quantitative estimate of drug-likeness (QED) is 0.520. The van der Waals surface area contributed by atoms with Crippen molar-refractivity contribution in [3.63, 3.8) is 0 Å². The number of thiazole rings is 1. The van der Waals surface area contributed by atoms with Crippen molar-refractivity contribution in [3.05, 3.63) is 58.8 Å². The zero-order valence-corrected chi connectivity index (χ0v) is 18.6. The maximum absolute atomic E-state index is 11.2. The smallest absolute Gasteiger partial charge is 0.303 e. The Morgan fingerprint density at radius 3 is 2.84 bits per heavy atom. The fourth-order valence-electron chi connectivity index (χ4n) is 4.33. The Hall–Kier alpha value is -3.17. The first-order chi connectivity index (χ1) is 14.9. The minimum Gasteiger partial charge on any atom is -0.489 e. The van der Waals surface area contributed by atoms with E-state index >= 15 is 0 Å². The zero-order chi connectivity index (χ0) is 22.1. The molecular weight excluding hydrogens is 408 g/mol. The summed E-state index contributed by atoms with van der Waals surface area (Å²) in [4.78, 5) is 16.8. The van der Waals surface area contributed by atoms with Crippen molar-refractivity contribution >= 4 is 17.3 Å². The Morgan fingerprint density at radius 2 is 2.13 bits per heavy atom. The summed E-state index contributed by atoms with van der Waals surface area (Å²) in [5, 5.41) is 19.6. The molecule has 1 atom stereocenters. The fraction of sp³-hybridized carbons (Fsp3) is 0.320. The summed E-state index contributed by atoms with van der Waals surface area (Å²) < 4.78 is 5.97. The highest BCUT2D eigenvalue weighted by Gasteiger charge is 2.27. The van der Waals surface area contributed by atoms with E-state index in [0.29, 0.717) is 11.3 Å². The van der Waals surface area contributed by atoms with Crippen molar-refractivity contribution in [2.45, 2.75) is 52.1 Å². The second kappa shape index (κ2) is 8.52. The lowest BCUT2D eigenvalue weighted by Crippen LogP contribution is -2.07. The zero-order valence-electron chi connectivity index (χ0n) is 17.8. The largest absolute Gasteiger partial charge is 0.489 e. The highest BCUT2D eigenvalue weighted by Crippen LogP contribution is 2.43. The van der Waals surface area contributed by atoms with E-state index in [1.165, 1.54) is 11.1 Å². The van der Waals surface area contributed by atoms with Gasteiger partial charge < -0.3 is 9.84 Å². The minimum atomic E-state index is -0.747. The van der Waals surface area contributed by atoms with Crippen LogP contribution in [0.4, 0.5) is 0 Å². The molecule has 0 bridgehead atoms. The summed E-state index contributed by atoms with van der Waals surface area (Å²) in [6.07, 6.45) is 3.76. The molecule has 0 radical (unpaired) electrons. The number of fused-ring (bicyclic) bond motifs is 1. The molecule has 2 aromatic carbocycles. The summed E-state index contributed by atoms with van der Waals surface area (Å²) in [5.74, 6) is -0.0582. The fourth-order valence-corrected chi connectivity index (χ4v) is 5.35. The van der Waals surface area contributed by atoms with Gasteiger partial charge in [-0.15, -0.1) is 11.3 Å². The van der Waals surface area contributed by atoms with Gasteiger partial charge in [0.1, 0.15) is 16.8 Å². The number of carboxylic acids is 1. The molecule has 3 aromatic rings. The monoisotopic (exact) mass is 432 g/mol. The number of aliphatic carboxylic acids is 1. The molecule has 0 fully saturated rings. The molecule has 4 rings (SSSR count). The van der Waals surface area contributed by atoms with Crippen LogP contribution in [0, 0.1) is 18.3 Å². The lowest BCUT2D eigenvalue weighted by Gasteiger charge is -2.14. The highest BCUT2D eigenvalue weighted by molar-refractivity contribution is 7.18. The Kier molecular flexibility index (Phi) is 5.79. The predicted molar refractivity (Wildman–Crippen MR) is 122 cm³/mol. The molecule has 1 unspecified atom stereocenters. The van der Waals surface area contributed by atoms with Crippen molar-refractivity contribution in [2.24, 2.45) is 0 Å². The number of ether oxygens (including phenoxy) is 1. The molecule has 1 N–H and O–H groups in total. The van der Waals surface area contributed by atoms with Crippen LogP contribution in [0.25, 0.3) is 21.0 Å². The number of carbonyl (C=O) groups is 1. The van der Waals surface area contributed by atoms with E-state index in [1.807, 2.05) is 32.2 Å². The van der Waals surface area contributed by atoms with Gasteiger partial charge in [0.15, 0.2) is 0 Å². The molecule has 1 aliphatic rings. The molecule has 1 heterocycles. The Morgan fingerprint density at radius 1 is 1.32 bits per heavy atom. The van der Waals surface area contributed by atoms with Gasteiger partial charge in [0.25, 0.3) is 0 Å². The van der Waals surface area contributed by atoms with E-state index in [-0.39, 0.29) is 18.4 Å². The number of rotatable bonds is 6. The molecular formula is C25H24N2O3S. The molecule has 158 valence electrons. The summed E-state index contributed by atoms with van der Waals surface area (Å²) >= 11 is 1.58. The van der Waals surface area contributed by atoms with Crippen molar-refractivity contribution in [2.75, 3.05) is 0 Å². The van der Waals surface area contributed by atoms with E-state index < -0.39 is 5.97 Å². The van der Waals surface area contributed by atoms with Crippen molar-refractivity contribution in [3.8, 4) is 32.8 Å². The molecule has 1 aromatic heterocycles. The summed E-state index contributed by atoms with van der Waals surface area (Å²) in [7, 11) is 0. The number of nitrogens with zero attached hydrogens (tertiary/aromatic N) is 2. The van der Waals surface area contributed by atoms with E-state index in [1.54, 1.807) is 17.4 Å². The number of carboxylic acid groups (broad SMARTS) is 1. The summed E-state index contributed by atoms with van der Waals surface area (Å²) in [5.41, 5.74) is 6.06. The van der Waals surface area contributed by atoms with Gasteiger partial charge in [0.05, 0.1) is 23.0 Å². The number of para-hydroxylation sites is 1. The Labute approximate surface area is 186 Å². The maximum Gasteiger partial charge on any atom is 0.303 e. The molecule has 31 heavy (non-hydrogen) atoms. The molecule has 1 aliphatic carbocycles. The maximum atomic E-state index is 11.2. The third-order valence-corrected chi connectivity index (χ3v) is 6.79. The van der Waals surface area contributed by atoms with E-state index in [2.05, 4.69) is 30.1 Å². The van der Waals surface area contributed by atoms with Crippen LogP contribution >= 0.6 is 11.3 Å². The lowest BCUT2D eigenvalue weighted by molar-refractivity contribution is -0.137. The molecule has 0 aliphatic heterocycles. The number of hydrogen-bond donors (Lipinski definition) is 1. The molecule has 0 amide bonds. The van der Waals surface area contributed by atoms with E-state index in [0.717, 1.165) is 39.4 Å². The first-order valence-corrected chi connectivity index (χ1v) is 11.2. The van der Waals surface area contributed by atoms with Gasteiger partial charge in [0.2, 0.25) is 0 Å². The molecule has 0 saturated heterocycles. The van der Waals surface area contributed by atoms with Crippen LogP contribution in [0.2, 0.25) is 0 Å². The van der Waals surface area contributed by atoms with Gasteiger partial charge in [-0.25, -0.2) is 4.98 Å². The molecule has 6 heteroatoms. The number of aromatic nitrogens is 1. The van der Waals surface area contributed by atoms with Crippen LogP contribution in [-0.4, -0.2) is 22.2 Å². The predicted octanol–water partition coefficient (Wildman–Crippen LogP) is 5.95. The van der Waals surface area contributed by atoms with Crippen molar-refractivity contribution < 1.29 is 14.6 Å². The second-order valence-electron chi connectivity index (χ2n) is 8.13. The van der Waals surface area contributed by atoms with Crippen LogP contribution in [0.5, 0.6) is 5.75 Å². The summed E-state index contributed by atoms with van der Waals surface area (Å²) in [6, 6.07) is 11.9. The molecule has 0 saturated carbocycles. The summed E-state index contributed by atoms with van der Waals surface area (Å²) in [6.45, 7) is 5.99. The average Bonchev–Trinajstić information content (AvgIpc) is 3.36.